The number of aromatic amines is 1. The Bertz CT molecular complexity index is 943. The smallest absolute Gasteiger partial charge is 0.216 e. The van der Waals surface area contributed by atoms with Crippen molar-refractivity contribution in [2.45, 2.75) is 6.42 Å². The maximum Gasteiger partial charge on any atom is 0.216 e. The van der Waals surface area contributed by atoms with E-state index in [0.29, 0.717) is 22.6 Å². The lowest BCUT2D eigenvalue weighted by atomic mass is 10.1. The molecule has 0 amide bonds. The number of nitrogens with zero attached hydrogens (tertiary/aromatic N) is 4. The summed E-state index contributed by atoms with van der Waals surface area (Å²) in [6, 6.07) is 9.12. The molecule has 0 atom stereocenters. The van der Waals surface area contributed by atoms with Gasteiger partial charge in [-0.15, -0.1) is 6.58 Å². The number of allylic oxidation sites excluding steroid dienone is 1. The summed E-state index contributed by atoms with van der Waals surface area (Å²) in [6.45, 7) is 3.69. The molecule has 2 N–H and O–H groups in total. The number of nitrogens with one attached hydrogen (secondary N) is 1. The number of phenols is 1. The van der Waals surface area contributed by atoms with Gasteiger partial charge in [0.1, 0.15) is 5.75 Å². The lowest BCUT2D eigenvalue weighted by molar-refractivity contribution is 0.469. The average molecular weight is 337 g/mol. The van der Waals surface area contributed by atoms with E-state index in [0.717, 1.165) is 11.1 Å². The number of aromatic hydroxyl groups is 1. The fourth-order valence-electron chi connectivity index (χ4n) is 2.24. The third-order valence-electron chi connectivity index (χ3n) is 3.42. The van der Waals surface area contributed by atoms with Crippen molar-refractivity contribution in [3.8, 4) is 17.1 Å². The zero-order valence-corrected chi connectivity index (χ0v) is 13.6. The van der Waals surface area contributed by atoms with E-state index >= 15 is 0 Å². The molecule has 0 spiro atoms. The molecule has 0 radical (unpaired) electrons. The second kappa shape index (κ2) is 7.01. The van der Waals surface area contributed by atoms with Crippen LogP contribution < -0.4 is 0 Å². The van der Waals surface area contributed by atoms with Gasteiger partial charge in [0.25, 0.3) is 0 Å². The molecule has 3 aromatic rings. The summed E-state index contributed by atoms with van der Waals surface area (Å²) in [5.41, 5.74) is 2.22. The van der Waals surface area contributed by atoms with E-state index in [-0.39, 0.29) is 5.75 Å². The molecule has 2 heterocycles. The highest BCUT2D eigenvalue weighted by Gasteiger charge is 2.08. The lowest BCUT2D eigenvalue weighted by Crippen LogP contribution is -1.96. The summed E-state index contributed by atoms with van der Waals surface area (Å²) >= 11 is 5.23. The van der Waals surface area contributed by atoms with Crippen molar-refractivity contribution < 1.29 is 5.11 Å². The maximum absolute atomic E-state index is 10.3. The van der Waals surface area contributed by atoms with Gasteiger partial charge in [0, 0.05) is 23.5 Å². The van der Waals surface area contributed by atoms with Gasteiger partial charge in [0.05, 0.1) is 6.21 Å². The van der Waals surface area contributed by atoms with Crippen LogP contribution in [-0.4, -0.2) is 31.2 Å². The van der Waals surface area contributed by atoms with E-state index in [9.17, 15) is 5.11 Å². The topological polar surface area (TPSA) is 79.1 Å². The van der Waals surface area contributed by atoms with Gasteiger partial charge in [-0.1, -0.05) is 18.2 Å². The Kier molecular flexibility index (Phi) is 4.62. The standard InChI is InChI=1S/C17H15N5OS/c1-2-4-12-5-3-6-14(15(12)23)11-19-22-16(20-21-17(22)24)13-7-9-18-10-8-13/h2-3,5-11,23H,1,4H2,(H,21,24). The first kappa shape index (κ1) is 15.8. The zero-order chi connectivity index (χ0) is 16.9. The third-order valence-corrected chi connectivity index (χ3v) is 3.68. The molecule has 6 nitrogen and oxygen atoms in total. The van der Waals surface area contributed by atoms with E-state index < -0.39 is 0 Å². The molecular weight excluding hydrogens is 322 g/mol. The molecule has 0 aliphatic carbocycles. The van der Waals surface area contributed by atoms with Gasteiger partial charge in [-0.3, -0.25) is 4.98 Å². The molecule has 0 aliphatic rings. The lowest BCUT2D eigenvalue weighted by Gasteiger charge is -2.05. The van der Waals surface area contributed by atoms with Gasteiger partial charge in [0.2, 0.25) is 4.77 Å². The predicted molar refractivity (Wildman–Crippen MR) is 95.6 cm³/mol. The number of hydrogen-bond donors (Lipinski definition) is 2. The Morgan fingerprint density at radius 3 is 2.83 bits per heavy atom. The number of hydrogen-bond acceptors (Lipinski definition) is 5. The van der Waals surface area contributed by atoms with E-state index in [1.165, 1.54) is 4.68 Å². The van der Waals surface area contributed by atoms with Crippen molar-refractivity contribution in [1.29, 1.82) is 0 Å². The summed E-state index contributed by atoms with van der Waals surface area (Å²) in [6.07, 6.45) is 7.22. The number of rotatable bonds is 5. The first-order valence-corrected chi connectivity index (χ1v) is 7.65. The zero-order valence-electron chi connectivity index (χ0n) is 12.8. The number of benzene rings is 1. The first-order chi connectivity index (χ1) is 11.7. The van der Waals surface area contributed by atoms with Gasteiger partial charge in [-0.05, 0) is 42.4 Å². The Labute approximate surface area is 143 Å². The van der Waals surface area contributed by atoms with Crippen LogP contribution in [0.15, 0.2) is 60.5 Å². The van der Waals surface area contributed by atoms with Crippen LogP contribution in [-0.2, 0) is 6.42 Å². The molecule has 2 aromatic heterocycles. The number of H-pyrrole nitrogens is 1. The predicted octanol–water partition coefficient (Wildman–Crippen LogP) is 3.32. The van der Waals surface area contributed by atoms with Crippen LogP contribution in [0.3, 0.4) is 0 Å². The fourth-order valence-corrected chi connectivity index (χ4v) is 2.42. The monoisotopic (exact) mass is 337 g/mol. The second-order valence-corrected chi connectivity index (χ2v) is 5.38. The maximum atomic E-state index is 10.3. The molecule has 0 bridgehead atoms. The van der Waals surface area contributed by atoms with Crippen molar-refractivity contribution in [3.05, 3.63) is 71.3 Å². The third kappa shape index (κ3) is 3.16. The molecule has 0 aliphatic heterocycles. The minimum atomic E-state index is 0.182. The summed E-state index contributed by atoms with van der Waals surface area (Å²) < 4.78 is 1.87. The van der Waals surface area contributed by atoms with Crippen molar-refractivity contribution in [3.63, 3.8) is 0 Å². The number of pyridine rings is 1. The van der Waals surface area contributed by atoms with Crippen LogP contribution in [0.5, 0.6) is 5.75 Å². The van der Waals surface area contributed by atoms with E-state index in [1.807, 2.05) is 24.3 Å². The SMILES string of the molecule is C=CCc1cccc(C=Nn2c(-c3ccncc3)n[nH]c2=S)c1O. The highest BCUT2D eigenvalue weighted by Crippen LogP contribution is 2.22. The van der Waals surface area contributed by atoms with E-state index in [4.69, 9.17) is 12.2 Å². The average Bonchev–Trinajstić information content (AvgIpc) is 2.97. The van der Waals surface area contributed by atoms with Gasteiger partial charge in [-0.25, -0.2) is 5.10 Å². The molecule has 120 valence electrons. The molecule has 24 heavy (non-hydrogen) atoms. The second-order valence-electron chi connectivity index (χ2n) is 4.99. The van der Waals surface area contributed by atoms with Crippen LogP contribution >= 0.6 is 12.2 Å². The quantitative estimate of drug-likeness (QED) is 0.425. The van der Waals surface area contributed by atoms with Gasteiger partial charge >= 0.3 is 0 Å². The van der Waals surface area contributed by atoms with Crippen LogP contribution in [0, 0.1) is 4.77 Å². The minimum absolute atomic E-state index is 0.182. The molecule has 0 saturated heterocycles. The Morgan fingerprint density at radius 1 is 1.29 bits per heavy atom. The van der Waals surface area contributed by atoms with Gasteiger partial charge < -0.3 is 5.11 Å². The van der Waals surface area contributed by atoms with E-state index in [2.05, 4.69) is 26.9 Å². The van der Waals surface area contributed by atoms with Crippen molar-refractivity contribution in [1.82, 2.24) is 19.9 Å². The fraction of sp³-hybridized carbons (Fsp3) is 0.0588. The van der Waals surface area contributed by atoms with Gasteiger partial charge in [0.15, 0.2) is 5.82 Å². The van der Waals surface area contributed by atoms with Crippen molar-refractivity contribution in [2.75, 3.05) is 0 Å². The molecule has 0 fully saturated rings. The van der Waals surface area contributed by atoms with E-state index in [1.54, 1.807) is 30.8 Å². The first-order valence-electron chi connectivity index (χ1n) is 7.24. The molecule has 0 saturated carbocycles. The molecule has 3 rings (SSSR count). The number of aromatic nitrogens is 4. The Balaban J connectivity index is 2.00. The Hall–Kier alpha value is -3.06. The minimum Gasteiger partial charge on any atom is -0.507 e. The summed E-state index contributed by atoms with van der Waals surface area (Å²) in [7, 11) is 0. The van der Waals surface area contributed by atoms with Crippen molar-refractivity contribution >= 4 is 18.4 Å². The molecule has 7 heteroatoms. The highest BCUT2D eigenvalue weighted by molar-refractivity contribution is 7.71. The highest BCUT2D eigenvalue weighted by atomic mass is 32.1. The molecule has 1 aromatic carbocycles. The number of phenolic OH excluding ortho intramolecular Hbond substituents is 1. The van der Waals surface area contributed by atoms with Crippen LogP contribution in [0.1, 0.15) is 11.1 Å². The van der Waals surface area contributed by atoms with Gasteiger partial charge in [-0.2, -0.15) is 14.9 Å². The largest absolute Gasteiger partial charge is 0.507 e. The molecular formula is C17H15N5OS. The summed E-state index contributed by atoms with van der Waals surface area (Å²) in [4.78, 5) is 3.99. The number of para-hydroxylation sites is 1. The van der Waals surface area contributed by atoms with Crippen LogP contribution in [0.4, 0.5) is 0 Å². The normalized spacial score (nSPS) is 11.0. The Morgan fingerprint density at radius 2 is 2.08 bits per heavy atom. The van der Waals surface area contributed by atoms with Crippen LogP contribution in [0.2, 0.25) is 0 Å². The summed E-state index contributed by atoms with van der Waals surface area (Å²) in [5, 5.41) is 21.6. The van der Waals surface area contributed by atoms with Crippen LogP contribution in [0.25, 0.3) is 11.4 Å². The summed E-state index contributed by atoms with van der Waals surface area (Å²) in [5.74, 6) is 0.752. The van der Waals surface area contributed by atoms with Crippen molar-refractivity contribution in [2.24, 2.45) is 5.10 Å². The molecule has 0 unspecified atom stereocenters.